The number of hydrogen-bond donors (Lipinski definition) is 1. The van der Waals surface area contributed by atoms with E-state index in [-0.39, 0.29) is 11.1 Å². The number of anilines is 1. The maximum Gasteiger partial charge on any atom is 0.258 e. The van der Waals surface area contributed by atoms with Gasteiger partial charge in [0.1, 0.15) is 11.8 Å². The van der Waals surface area contributed by atoms with Crippen molar-refractivity contribution in [1.82, 2.24) is 4.98 Å². The van der Waals surface area contributed by atoms with Crippen molar-refractivity contribution in [1.29, 1.82) is 0 Å². The molecular formula is C22H18ClN3O2. The smallest absolute Gasteiger partial charge is 0.258 e. The van der Waals surface area contributed by atoms with Crippen molar-refractivity contribution in [3.05, 3.63) is 95.8 Å². The average Bonchev–Trinajstić information content (AvgIpc) is 2.72. The Balaban J connectivity index is 1.80. The molecule has 0 radical (unpaired) electrons. The first-order chi connectivity index (χ1) is 13.7. The van der Waals surface area contributed by atoms with Gasteiger partial charge < -0.3 is 10.2 Å². The molecule has 0 fully saturated rings. The second kappa shape index (κ2) is 9.48. The third-order valence-corrected chi connectivity index (χ3v) is 4.17. The van der Waals surface area contributed by atoms with Gasteiger partial charge in [-0.2, -0.15) is 0 Å². The SMILES string of the molecule is C=CCO/N=C\c1ccc(-c2ccccc2NC(=O)c2cccnc2Cl)cc1. The molecule has 1 N–H and O–H groups in total. The summed E-state index contributed by atoms with van der Waals surface area (Å²) in [5, 5.41) is 6.94. The van der Waals surface area contributed by atoms with Gasteiger partial charge in [0.2, 0.25) is 0 Å². The number of para-hydroxylation sites is 1. The second-order valence-corrected chi connectivity index (χ2v) is 6.14. The normalized spacial score (nSPS) is 10.6. The number of carbonyl (C=O) groups excluding carboxylic acids is 1. The molecule has 0 atom stereocenters. The Hall–Kier alpha value is -3.44. The number of nitrogens with one attached hydrogen (secondary N) is 1. The van der Waals surface area contributed by atoms with Crippen LogP contribution in [0.1, 0.15) is 15.9 Å². The van der Waals surface area contributed by atoms with Gasteiger partial charge in [-0.3, -0.25) is 4.79 Å². The molecular weight excluding hydrogens is 374 g/mol. The van der Waals surface area contributed by atoms with Crippen LogP contribution in [0.3, 0.4) is 0 Å². The molecule has 0 aliphatic carbocycles. The molecule has 0 aliphatic heterocycles. The fourth-order valence-electron chi connectivity index (χ4n) is 2.53. The summed E-state index contributed by atoms with van der Waals surface area (Å²) in [5.41, 5.74) is 3.75. The number of amides is 1. The molecule has 3 rings (SSSR count). The van der Waals surface area contributed by atoms with E-state index in [1.165, 1.54) is 0 Å². The molecule has 0 unspecified atom stereocenters. The summed E-state index contributed by atoms with van der Waals surface area (Å²) in [7, 11) is 0. The van der Waals surface area contributed by atoms with Crippen molar-refractivity contribution < 1.29 is 9.63 Å². The van der Waals surface area contributed by atoms with E-state index in [2.05, 4.69) is 22.0 Å². The van der Waals surface area contributed by atoms with Crippen LogP contribution >= 0.6 is 11.6 Å². The number of pyridine rings is 1. The van der Waals surface area contributed by atoms with Crippen LogP contribution in [0.15, 0.2) is 84.7 Å². The highest BCUT2D eigenvalue weighted by molar-refractivity contribution is 6.33. The Morgan fingerprint density at radius 2 is 1.93 bits per heavy atom. The lowest BCUT2D eigenvalue weighted by atomic mass is 10.0. The summed E-state index contributed by atoms with van der Waals surface area (Å²) in [6.07, 6.45) is 4.80. The standard InChI is InChI=1S/C22H18ClN3O2/c1-2-14-28-25-15-16-9-11-17(12-10-16)18-6-3-4-8-20(18)26-22(27)19-7-5-13-24-21(19)23/h2-13,15H,1,14H2,(H,26,27)/b25-15-. The van der Waals surface area contributed by atoms with Crippen molar-refractivity contribution in [2.75, 3.05) is 11.9 Å². The topological polar surface area (TPSA) is 63.6 Å². The van der Waals surface area contributed by atoms with Crippen molar-refractivity contribution in [3.63, 3.8) is 0 Å². The van der Waals surface area contributed by atoms with Gasteiger partial charge in [0.05, 0.1) is 11.8 Å². The van der Waals surface area contributed by atoms with E-state index in [9.17, 15) is 4.79 Å². The van der Waals surface area contributed by atoms with Crippen molar-refractivity contribution in [2.24, 2.45) is 5.16 Å². The molecule has 1 heterocycles. The maximum absolute atomic E-state index is 12.6. The monoisotopic (exact) mass is 391 g/mol. The predicted molar refractivity (Wildman–Crippen MR) is 113 cm³/mol. The van der Waals surface area contributed by atoms with E-state index >= 15 is 0 Å². The van der Waals surface area contributed by atoms with E-state index < -0.39 is 0 Å². The van der Waals surface area contributed by atoms with Crippen LogP contribution in [0.2, 0.25) is 5.15 Å². The molecule has 0 bridgehead atoms. The van der Waals surface area contributed by atoms with Crippen molar-refractivity contribution >= 4 is 29.4 Å². The minimum atomic E-state index is -0.311. The number of benzene rings is 2. The summed E-state index contributed by atoms with van der Waals surface area (Å²) in [6.45, 7) is 3.93. The molecule has 6 heteroatoms. The Morgan fingerprint density at radius 1 is 1.14 bits per heavy atom. The van der Waals surface area contributed by atoms with Gasteiger partial charge in [-0.25, -0.2) is 4.98 Å². The van der Waals surface area contributed by atoms with Gasteiger partial charge >= 0.3 is 0 Å². The number of hydrogen-bond acceptors (Lipinski definition) is 4. The summed E-state index contributed by atoms with van der Waals surface area (Å²) in [4.78, 5) is 21.5. The largest absolute Gasteiger partial charge is 0.392 e. The van der Waals surface area contributed by atoms with Crippen molar-refractivity contribution in [2.45, 2.75) is 0 Å². The predicted octanol–water partition coefficient (Wildman–Crippen LogP) is 5.19. The van der Waals surface area contributed by atoms with Crippen LogP contribution in [0.25, 0.3) is 11.1 Å². The zero-order valence-electron chi connectivity index (χ0n) is 15.0. The Labute approximate surface area is 168 Å². The average molecular weight is 392 g/mol. The molecule has 3 aromatic rings. The first-order valence-electron chi connectivity index (χ1n) is 8.56. The number of carbonyl (C=O) groups is 1. The van der Waals surface area contributed by atoms with E-state index in [0.717, 1.165) is 16.7 Å². The van der Waals surface area contributed by atoms with Crippen LogP contribution < -0.4 is 5.32 Å². The summed E-state index contributed by atoms with van der Waals surface area (Å²) in [5.74, 6) is -0.311. The molecule has 0 spiro atoms. The number of oxime groups is 1. The molecule has 2 aromatic carbocycles. The third kappa shape index (κ3) is 4.84. The van der Waals surface area contributed by atoms with Crippen LogP contribution in [0.5, 0.6) is 0 Å². The molecule has 1 aromatic heterocycles. The molecule has 0 saturated heterocycles. The molecule has 140 valence electrons. The molecule has 0 saturated carbocycles. The minimum Gasteiger partial charge on any atom is -0.392 e. The van der Waals surface area contributed by atoms with Gasteiger partial charge in [0, 0.05) is 17.4 Å². The molecule has 0 aliphatic rings. The van der Waals surface area contributed by atoms with E-state index in [0.29, 0.717) is 17.9 Å². The Bertz CT molecular complexity index is 1000. The van der Waals surface area contributed by atoms with E-state index in [4.69, 9.17) is 16.4 Å². The Morgan fingerprint density at radius 3 is 2.68 bits per heavy atom. The van der Waals surface area contributed by atoms with E-state index in [1.807, 2.05) is 48.5 Å². The fraction of sp³-hybridized carbons (Fsp3) is 0.0455. The third-order valence-electron chi connectivity index (χ3n) is 3.87. The molecule has 28 heavy (non-hydrogen) atoms. The summed E-state index contributed by atoms with van der Waals surface area (Å²) >= 11 is 6.02. The Kier molecular flexibility index (Phi) is 6.54. The van der Waals surface area contributed by atoms with Crippen molar-refractivity contribution in [3.8, 4) is 11.1 Å². The number of aromatic nitrogens is 1. The summed E-state index contributed by atoms with van der Waals surface area (Å²) < 4.78 is 0. The molecule has 1 amide bonds. The lowest BCUT2D eigenvalue weighted by molar-refractivity contribution is 0.102. The first kappa shape index (κ1) is 19.3. The highest BCUT2D eigenvalue weighted by Crippen LogP contribution is 2.28. The highest BCUT2D eigenvalue weighted by Gasteiger charge is 2.13. The fourth-order valence-corrected chi connectivity index (χ4v) is 2.74. The van der Waals surface area contributed by atoms with Gasteiger partial charge in [-0.15, -0.1) is 0 Å². The van der Waals surface area contributed by atoms with Gasteiger partial charge in [-0.05, 0) is 29.3 Å². The van der Waals surface area contributed by atoms with Gasteiger partial charge in [0.25, 0.3) is 5.91 Å². The zero-order valence-corrected chi connectivity index (χ0v) is 15.8. The number of nitrogens with zero attached hydrogens (tertiary/aromatic N) is 2. The zero-order chi connectivity index (χ0) is 19.8. The highest BCUT2D eigenvalue weighted by atomic mass is 35.5. The van der Waals surface area contributed by atoms with Crippen LogP contribution in [0, 0.1) is 0 Å². The molecule has 5 nitrogen and oxygen atoms in total. The maximum atomic E-state index is 12.6. The number of rotatable bonds is 7. The summed E-state index contributed by atoms with van der Waals surface area (Å²) in [6, 6.07) is 18.6. The quantitative estimate of drug-likeness (QED) is 0.198. The van der Waals surface area contributed by atoms with Crippen LogP contribution in [0.4, 0.5) is 5.69 Å². The van der Waals surface area contributed by atoms with E-state index in [1.54, 1.807) is 30.6 Å². The minimum absolute atomic E-state index is 0.166. The van der Waals surface area contributed by atoms with Gasteiger partial charge in [-0.1, -0.05) is 71.9 Å². The van der Waals surface area contributed by atoms with Crippen LogP contribution in [-0.2, 0) is 4.84 Å². The lowest BCUT2D eigenvalue weighted by Crippen LogP contribution is -2.13. The first-order valence-corrected chi connectivity index (χ1v) is 8.94. The van der Waals surface area contributed by atoms with Crippen LogP contribution in [-0.4, -0.2) is 23.7 Å². The second-order valence-electron chi connectivity index (χ2n) is 5.78. The number of halogens is 1. The lowest BCUT2D eigenvalue weighted by Gasteiger charge is -2.12. The van der Waals surface area contributed by atoms with Gasteiger partial charge in [0.15, 0.2) is 0 Å².